The summed E-state index contributed by atoms with van der Waals surface area (Å²) in [6, 6.07) is 0. The van der Waals surface area contributed by atoms with E-state index in [0.717, 1.165) is 5.96 Å². The van der Waals surface area contributed by atoms with Crippen molar-refractivity contribution in [1.82, 2.24) is 4.90 Å². The lowest BCUT2D eigenvalue weighted by molar-refractivity contribution is -0.470. The van der Waals surface area contributed by atoms with Crippen molar-refractivity contribution in [3.8, 4) is 0 Å². The third-order valence-corrected chi connectivity index (χ3v) is 1.39. The molecule has 84 valence electrons. The second kappa shape index (κ2) is 7.17. The Bertz CT molecular complexity index is 206. The SMILES string of the molecule is CC(C)C(=O)[O-].CN(C)C(N)=[N+](C)C. The second-order valence-corrected chi connectivity index (χ2v) is 3.62. The minimum absolute atomic E-state index is 0.343. The van der Waals surface area contributed by atoms with Gasteiger partial charge in [0.05, 0.1) is 28.2 Å². The van der Waals surface area contributed by atoms with Gasteiger partial charge in [0.15, 0.2) is 0 Å². The van der Waals surface area contributed by atoms with Gasteiger partial charge in [0.1, 0.15) is 0 Å². The summed E-state index contributed by atoms with van der Waals surface area (Å²) in [5, 5.41) is 9.59. The van der Waals surface area contributed by atoms with Crippen molar-refractivity contribution < 1.29 is 14.5 Å². The van der Waals surface area contributed by atoms with Crippen LogP contribution in [0.2, 0.25) is 0 Å². The number of hydrogen-bond donors (Lipinski definition) is 1. The molecule has 0 bridgehead atoms. The third-order valence-electron chi connectivity index (χ3n) is 1.39. The highest BCUT2D eigenvalue weighted by molar-refractivity contribution is 5.72. The average molecular weight is 203 g/mol. The molecule has 0 aliphatic heterocycles. The normalized spacial score (nSPS) is 8.79. The monoisotopic (exact) mass is 203 g/mol. The first-order chi connectivity index (χ1) is 6.20. The Morgan fingerprint density at radius 1 is 1.36 bits per heavy atom. The van der Waals surface area contributed by atoms with Crippen LogP contribution < -0.4 is 10.8 Å². The van der Waals surface area contributed by atoms with Gasteiger partial charge in [-0.1, -0.05) is 13.8 Å². The van der Waals surface area contributed by atoms with Crippen molar-refractivity contribution in [2.45, 2.75) is 13.8 Å². The minimum Gasteiger partial charge on any atom is -0.550 e. The summed E-state index contributed by atoms with van der Waals surface area (Å²) in [5.41, 5.74) is 5.53. The molecule has 0 amide bonds. The molecular weight excluding hydrogens is 182 g/mol. The van der Waals surface area contributed by atoms with E-state index in [0.29, 0.717) is 0 Å². The van der Waals surface area contributed by atoms with E-state index in [2.05, 4.69) is 0 Å². The van der Waals surface area contributed by atoms with Gasteiger partial charge in [-0.25, -0.2) is 0 Å². The topological polar surface area (TPSA) is 72.4 Å². The van der Waals surface area contributed by atoms with Crippen LogP contribution in [-0.4, -0.2) is 49.6 Å². The molecule has 0 heterocycles. The van der Waals surface area contributed by atoms with Gasteiger partial charge in [0.25, 0.3) is 0 Å². The molecule has 2 N–H and O–H groups in total. The van der Waals surface area contributed by atoms with Crippen LogP contribution in [0.5, 0.6) is 0 Å². The highest BCUT2D eigenvalue weighted by atomic mass is 16.4. The van der Waals surface area contributed by atoms with Crippen LogP contribution in [0.4, 0.5) is 0 Å². The maximum Gasteiger partial charge on any atom is 0.344 e. The first kappa shape index (κ1) is 15.2. The molecule has 0 aromatic heterocycles. The summed E-state index contributed by atoms with van der Waals surface area (Å²) in [7, 11) is 7.65. The van der Waals surface area contributed by atoms with Crippen molar-refractivity contribution in [2.24, 2.45) is 11.7 Å². The van der Waals surface area contributed by atoms with E-state index in [1.54, 1.807) is 13.8 Å². The Hall–Kier alpha value is -1.26. The predicted molar refractivity (Wildman–Crippen MR) is 54.8 cm³/mol. The van der Waals surface area contributed by atoms with Crippen LogP contribution in [-0.2, 0) is 4.79 Å². The maximum atomic E-state index is 9.59. The fourth-order valence-corrected chi connectivity index (χ4v) is 0.400. The number of hydrogen-bond acceptors (Lipinski definition) is 2. The summed E-state index contributed by atoms with van der Waals surface area (Å²) in [6.45, 7) is 3.16. The first-order valence-electron chi connectivity index (χ1n) is 4.38. The molecule has 0 unspecified atom stereocenters. The summed E-state index contributed by atoms with van der Waals surface area (Å²) in [4.78, 5) is 11.4. The molecule has 0 aromatic carbocycles. The van der Waals surface area contributed by atoms with Gasteiger partial charge in [-0.15, -0.1) is 0 Å². The van der Waals surface area contributed by atoms with Crippen LogP contribution in [0.15, 0.2) is 0 Å². The zero-order chi connectivity index (χ0) is 11.9. The number of rotatable bonds is 1. The van der Waals surface area contributed by atoms with Crippen molar-refractivity contribution in [2.75, 3.05) is 28.2 Å². The zero-order valence-electron chi connectivity index (χ0n) is 9.87. The number of nitrogens with zero attached hydrogens (tertiary/aromatic N) is 2. The molecule has 0 fully saturated rings. The van der Waals surface area contributed by atoms with Gasteiger partial charge < -0.3 is 9.90 Å². The van der Waals surface area contributed by atoms with Crippen molar-refractivity contribution >= 4 is 11.9 Å². The summed E-state index contributed by atoms with van der Waals surface area (Å²) in [5.74, 6) is -0.565. The number of carboxylic acid groups (broad SMARTS) is 1. The fourth-order valence-electron chi connectivity index (χ4n) is 0.400. The lowest BCUT2D eigenvalue weighted by Gasteiger charge is -2.04. The van der Waals surface area contributed by atoms with E-state index in [4.69, 9.17) is 5.73 Å². The largest absolute Gasteiger partial charge is 0.550 e. The summed E-state index contributed by atoms with van der Waals surface area (Å²) in [6.07, 6.45) is 0. The van der Waals surface area contributed by atoms with Crippen LogP contribution in [0.3, 0.4) is 0 Å². The van der Waals surface area contributed by atoms with Gasteiger partial charge >= 0.3 is 5.96 Å². The standard InChI is InChI=1S/C5H13N3.C4H8O2/c1-7(2)5(6)8(3)4;1-3(2)4(5)6/h6H,1-4H3;3H,1-2H3,(H,5,6). The Kier molecular flexibility index (Phi) is 7.80. The Balaban J connectivity index is 0. The van der Waals surface area contributed by atoms with E-state index in [1.165, 1.54) is 0 Å². The van der Waals surface area contributed by atoms with Crippen molar-refractivity contribution in [3.05, 3.63) is 0 Å². The second-order valence-electron chi connectivity index (χ2n) is 3.62. The van der Waals surface area contributed by atoms with Crippen molar-refractivity contribution in [3.63, 3.8) is 0 Å². The van der Waals surface area contributed by atoms with Crippen molar-refractivity contribution in [1.29, 1.82) is 0 Å². The van der Waals surface area contributed by atoms with Crippen LogP contribution in [0.25, 0.3) is 0 Å². The number of carbonyl (C=O) groups excluding carboxylic acids is 1. The van der Waals surface area contributed by atoms with Gasteiger partial charge in [0, 0.05) is 5.97 Å². The lowest BCUT2D eigenvalue weighted by Crippen LogP contribution is -2.36. The third kappa shape index (κ3) is 8.83. The van der Waals surface area contributed by atoms with Gasteiger partial charge in [-0.3, -0.25) is 15.2 Å². The molecular formula is C9H21N3O2. The molecule has 0 aliphatic rings. The minimum atomic E-state index is -0.991. The molecule has 0 spiro atoms. The number of nitrogens with two attached hydrogens (primary N) is 1. The van der Waals surface area contributed by atoms with E-state index in [1.807, 2.05) is 37.7 Å². The van der Waals surface area contributed by atoms with E-state index >= 15 is 0 Å². The smallest absolute Gasteiger partial charge is 0.344 e. The molecule has 0 radical (unpaired) electrons. The fraction of sp³-hybridized carbons (Fsp3) is 0.778. The molecule has 0 aromatic rings. The van der Waals surface area contributed by atoms with E-state index in [-0.39, 0.29) is 5.92 Å². The number of carbonyl (C=O) groups is 1. The first-order valence-corrected chi connectivity index (χ1v) is 4.38. The Morgan fingerprint density at radius 2 is 1.64 bits per heavy atom. The Morgan fingerprint density at radius 3 is 1.64 bits per heavy atom. The molecule has 0 aliphatic carbocycles. The highest BCUT2D eigenvalue weighted by Crippen LogP contribution is 1.83. The Labute approximate surface area is 85.8 Å². The van der Waals surface area contributed by atoms with Crippen LogP contribution >= 0.6 is 0 Å². The average Bonchev–Trinajstić information content (AvgIpc) is 2.03. The molecule has 0 atom stereocenters. The van der Waals surface area contributed by atoms with E-state index in [9.17, 15) is 9.90 Å². The molecule has 5 heteroatoms. The maximum absolute atomic E-state index is 9.59. The van der Waals surface area contributed by atoms with Gasteiger partial charge in [0.2, 0.25) is 0 Å². The van der Waals surface area contributed by atoms with Gasteiger partial charge in [-0.05, 0) is 5.92 Å². The van der Waals surface area contributed by atoms with Crippen LogP contribution in [0.1, 0.15) is 13.8 Å². The number of aliphatic carboxylic acids is 1. The predicted octanol–water partition coefficient (Wildman–Crippen LogP) is -1.47. The molecule has 0 rings (SSSR count). The summed E-state index contributed by atoms with van der Waals surface area (Å²) < 4.78 is 1.86. The number of guanidine groups is 1. The molecule has 0 saturated heterocycles. The lowest BCUT2D eigenvalue weighted by atomic mass is 10.2. The summed E-state index contributed by atoms with van der Waals surface area (Å²) >= 11 is 0. The van der Waals surface area contributed by atoms with E-state index < -0.39 is 5.97 Å². The molecule has 5 nitrogen and oxygen atoms in total. The number of carboxylic acids is 1. The highest BCUT2D eigenvalue weighted by Gasteiger charge is 2.00. The van der Waals surface area contributed by atoms with Gasteiger partial charge in [-0.2, -0.15) is 0 Å². The molecule has 0 saturated carbocycles. The quantitative estimate of drug-likeness (QED) is 0.321. The zero-order valence-corrected chi connectivity index (χ0v) is 9.87. The van der Waals surface area contributed by atoms with Crippen LogP contribution in [0, 0.1) is 5.92 Å². The molecule has 14 heavy (non-hydrogen) atoms.